The van der Waals surface area contributed by atoms with Crippen molar-refractivity contribution in [3.63, 3.8) is 0 Å². The second-order valence-electron chi connectivity index (χ2n) is 6.72. The first kappa shape index (κ1) is 15.1. The van der Waals surface area contributed by atoms with Crippen molar-refractivity contribution < 1.29 is 22.1 Å². The lowest BCUT2D eigenvalue weighted by Crippen LogP contribution is -2.57. The number of fused-ring (bicyclic) bond motifs is 3. The molecule has 0 aliphatic carbocycles. The molecule has 0 saturated carbocycles. The molecule has 28 heavy (non-hydrogen) atoms. The fraction of sp³-hybridized carbons (Fsp3) is 0.263. The summed E-state index contributed by atoms with van der Waals surface area (Å²) in [6, 6.07) is 9.42. The zero-order valence-electron chi connectivity index (χ0n) is 18.2. The minimum absolute atomic E-state index is 0.0425. The third-order valence-corrected chi connectivity index (χ3v) is 6.39. The van der Waals surface area contributed by atoms with Gasteiger partial charge in [0.25, 0.3) is 15.9 Å². The fourth-order valence-electron chi connectivity index (χ4n) is 3.33. The van der Waals surface area contributed by atoms with E-state index in [2.05, 4.69) is 10.3 Å². The topological polar surface area (TPSA) is 93.5 Å². The second kappa shape index (κ2) is 6.32. The molecule has 8 nitrogen and oxygen atoms in total. The summed E-state index contributed by atoms with van der Waals surface area (Å²) < 4.78 is 56.0. The van der Waals surface area contributed by atoms with Crippen LogP contribution >= 0.6 is 0 Å². The van der Waals surface area contributed by atoms with E-state index in [4.69, 9.17) is 8.85 Å². The SMILES string of the molecule is [2H]C([2H])([2H])N1C(=O)[C@](C)(COC)Nc2c1cnc1c2ccn1S(=O)(=O)c1ccccc1. The number of carbonyl (C=O) groups excluding carboxylic acids is 1. The van der Waals surface area contributed by atoms with Crippen LogP contribution < -0.4 is 10.2 Å². The van der Waals surface area contributed by atoms with Gasteiger partial charge in [-0.2, -0.15) is 0 Å². The smallest absolute Gasteiger partial charge is 0.269 e. The average molecular weight is 403 g/mol. The normalized spacial score (nSPS) is 21.6. The van der Waals surface area contributed by atoms with E-state index in [1.807, 2.05) is 0 Å². The van der Waals surface area contributed by atoms with Gasteiger partial charge < -0.3 is 15.0 Å². The van der Waals surface area contributed by atoms with Gasteiger partial charge in [-0.25, -0.2) is 17.4 Å². The van der Waals surface area contributed by atoms with Gasteiger partial charge in [0.1, 0.15) is 5.54 Å². The van der Waals surface area contributed by atoms with E-state index in [1.165, 1.54) is 44.6 Å². The van der Waals surface area contributed by atoms with E-state index < -0.39 is 28.4 Å². The van der Waals surface area contributed by atoms with Crippen LogP contribution in [0.25, 0.3) is 11.0 Å². The zero-order chi connectivity index (χ0) is 22.6. The Morgan fingerprint density at radius 1 is 1.29 bits per heavy atom. The number of hydrogen-bond acceptors (Lipinski definition) is 6. The molecule has 0 radical (unpaired) electrons. The van der Waals surface area contributed by atoms with Crippen LogP contribution in [0, 0.1) is 0 Å². The molecule has 1 aromatic carbocycles. The van der Waals surface area contributed by atoms with Gasteiger partial charge in [0.15, 0.2) is 5.65 Å². The lowest BCUT2D eigenvalue weighted by molar-refractivity contribution is -0.124. The molecule has 1 atom stereocenters. The Labute approximate surface area is 167 Å². The summed E-state index contributed by atoms with van der Waals surface area (Å²) >= 11 is 0. The summed E-state index contributed by atoms with van der Waals surface area (Å²) in [6.07, 6.45) is 2.55. The van der Waals surface area contributed by atoms with E-state index in [0.29, 0.717) is 16.0 Å². The molecule has 4 rings (SSSR count). The maximum atomic E-state index is 13.1. The average Bonchev–Trinajstić information content (AvgIpc) is 3.14. The standard InChI is InChI=1S/C19H20N4O4S/c1-19(12-27-3)18(24)22(2)15-11-20-17-14(16(15)21-19)9-10-23(17)28(25,26)13-7-5-4-6-8-13/h4-11,21H,12H2,1-3H3/t19-/m0/s1/i2D3. The van der Waals surface area contributed by atoms with Crippen molar-refractivity contribution in [1.29, 1.82) is 0 Å². The third-order valence-electron chi connectivity index (χ3n) is 4.71. The Kier molecular flexibility index (Phi) is 3.40. The van der Waals surface area contributed by atoms with E-state index >= 15 is 0 Å². The third kappa shape index (κ3) is 2.58. The van der Waals surface area contributed by atoms with Gasteiger partial charge >= 0.3 is 0 Å². The molecule has 1 aliphatic heterocycles. The molecule has 1 N–H and O–H groups in total. The van der Waals surface area contributed by atoms with Gasteiger partial charge in [-0.15, -0.1) is 0 Å². The van der Waals surface area contributed by atoms with E-state index in [9.17, 15) is 13.2 Å². The largest absolute Gasteiger partial charge is 0.382 e. The van der Waals surface area contributed by atoms with E-state index in [0.717, 1.165) is 3.97 Å². The van der Waals surface area contributed by atoms with Crippen molar-refractivity contribution in [3.05, 3.63) is 48.8 Å². The van der Waals surface area contributed by atoms with Crippen LogP contribution in [-0.4, -0.2) is 49.5 Å². The van der Waals surface area contributed by atoms with Crippen LogP contribution in [0.15, 0.2) is 53.7 Å². The Morgan fingerprint density at radius 2 is 2.04 bits per heavy atom. The summed E-state index contributed by atoms with van der Waals surface area (Å²) in [6.45, 7) is -1.33. The molecule has 0 saturated heterocycles. The number of nitrogens with zero attached hydrogens (tertiary/aromatic N) is 3. The number of anilines is 2. The molecule has 2 aromatic heterocycles. The number of nitrogens with one attached hydrogen (secondary N) is 1. The van der Waals surface area contributed by atoms with Crippen LogP contribution in [0.3, 0.4) is 0 Å². The Morgan fingerprint density at radius 3 is 2.71 bits per heavy atom. The number of rotatable bonds is 4. The number of ether oxygens (including phenoxy) is 1. The number of amides is 1. The molecule has 1 amide bonds. The van der Waals surface area contributed by atoms with Crippen molar-refractivity contribution >= 4 is 38.3 Å². The molecule has 9 heteroatoms. The second-order valence-corrected chi connectivity index (χ2v) is 8.53. The summed E-state index contributed by atoms with van der Waals surface area (Å²) in [7, 11) is -2.53. The van der Waals surface area contributed by atoms with Gasteiger partial charge in [0.2, 0.25) is 0 Å². The summed E-state index contributed by atoms with van der Waals surface area (Å²) in [5.41, 5.74) is -0.928. The van der Waals surface area contributed by atoms with Gasteiger partial charge in [0.05, 0.1) is 29.1 Å². The molecule has 0 spiro atoms. The molecule has 3 heterocycles. The van der Waals surface area contributed by atoms with Crippen LogP contribution in [-0.2, 0) is 19.6 Å². The van der Waals surface area contributed by atoms with Crippen molar-refractivity contribution in [3.8, 4) is 0 Å². The first-order valence-electron chi connectivity index (χ1n) is 9.93. The number of hydrogen-bond donors (Lipinski definition) is 1. The highest BCUT2D eigenvalue weighted by atomic mass is 32.2. The molecule has 3 aromatic rings. The van der Waals surface area contributed by atoms with Crippen molar-refractivity contribution in [2.45, 2.75) is 17.4 Å². The van der Waals surface area contributed by atoms with Gasteiger partial charge in [-0.3, -0.25) is 4.79 Å². The lowest BCUT2D eigenvalue weighted by atomic mass is 9.97. The van der Waals surface area contributed by atoms with Crippen LogP contribution in [0.4, 0.5) is 11.4 Å². The minimum Gasteiger partial charge on any atom is -0.382 e. The Balaban J connectivity index is 1.95. The summed E-state index contributed by atoms with van der Waals surface area (Å²) in [5.74, 6) is -0.695. The van der Waals surface area contributed by atoms with Crippen LogP contribution in [0.5, 0.6) is 0 Å². The quantitative estimate of drug-likeness (QED) is 0.717. The first-order chi connectivity index (χ1) is 14.5. The number of carbonyl (C=O) groups is 1. The zero-order valence-corrected chi connectivity index (χ0v) is 16.0. The van der Waals surface area contributed by atoms with Gasteiger partial charge in [0, 0.05) is 29.8 Å². The Bertz CT molecular complexity index is 1270. The molecule has 1 aliphatic rings. The highest BCUT2D eigenvalue weighted by Crippen LogP contribution is 2.40. The molecule has 0 bridgehead atoms. The van der Waals surface area contributed by atoms with Gasteiger partial charge in [-0.1, -0.05) is 18.2 Å². The molecule has 0 unspecified atom stereocenters. The maximum absolute atomic E-state index is 13.1. The van der Waals surface area contributed by atoms with E-state index in [-0.39, 0.29) is 22.8 Å². The van der Waals surface area contributed by atoms with Gasteiger partial charge in [-0.05, 0) is 25.1 Å². The number of benzene rings is 1. The first-order valence-corrected chi connectivity index (χ1v) is 9.87. The predicted molar refractivity (Wildman–Crippen MR) is 106 cm³/mol. The van der Waals surface area contributed by atoms with Crippen LogP contribution in [0.2, 0.25) is 0 Å². The van der Waals surface area contributed by atoms with Crippen molar-refractivity contribution in [2.75, 3.05) is 30.9 Å². The van der Waals surface area contributed by atoms with Crippen LogP contribution in [0.1, 0.15) is 11.0 Å². The Hall–Kier alpha value is -2.91. The number of aromatic nitrogens is 2. The highest BCUT2D eigenvalue weighted by Gasteiger charge is 2.42. The molecule has 146 valence electrons. The molecule has 0 fully saturated rings. The summed E-state index contributed by atoms with van der Waals surface area (Å²) in [4.78, 5) is 18.0. The summed E-state index contributed by atoms with van der Waals surface area (Å²) in [5, 5.41) is 3.42. The fourth-order valence-corrected chi connectivity index (χ4v) is 4.65. The van der Waals surface area contributed by atoms with Crippen molar-refractivity contribution in [1.82, 2.24) is 8.96 Å². The number of methoxy groups -OCH3 is 1. The highest BCUT2D eigenvalue weighted by molar-refractivity contribution is 7.90. The molecular weight excluding hydrogens is 380 g/mol. The monoisotopic (exact) mass is 403 g/mol. The number of pyridine rings is 1. The maximum Gasteiger partial charge on any atom is 0.269 e. The molecular formula is C19H20N4O4S. The van der Waals surface area contributed by atoms with E-state index in [1.54, 1.807) is 18.2 Å². The van der Waals surface area contributed by atoms with Crippen molar-refractivity contribution in [2.24, 2.45) is 0 Å². The minimum atomic E-state index is -3.93. The lowest BCUT2D eigenvalue weighted by Gasteiger charge is -2.39. The predicted octanol–water partition coefficient (Wildman–Crippen LogP) is 2.07. The number of likely N-dealkylation sites (N-methyl/N-ethyl adjacent to an activating group) is 1.